The molecule has 0 radical (unpaired) electrons. The Morgan fingerprint density at radius 2 is 1.52 bits per heavy atom. The fourth-order valence-corrected chi connectivity index (χ4v) is 24.8. The Bertz CT molecular complexity index is 1240. The molecule has 0 fully saturated rings. The molecular weight excluding hydrogens is 559 g/mol. The molecule has 0 nitrogen and oxygen atoms in total. The zero-order chi connectivity index (χ0) is 22.6. The monoisotopic (exact) mass is 586 g/mol. The van der Waals surface area contributed by atoms with Crippen molar-refractivity contribution in [2.24, 2.45) is 5.92 Å². The second-order valence-corrected chi connectivity index (χ2v) is 26.3. The summed E-state index contributed by atoms with van der Waals surface area (Å²) in [4.78, 5) is 0. The van der Waals surface area contributed by atoms with Gasteiger partial charge in [-0.3, -0.25) is 0 Å². The van der Waals surface area contributed by atoms with Gasteiger partial charge in [-0.15, -0.1) is 24.8 Å². The maximum atomic E-state index is 14.8. The van der Waals surface area contributed by atoms with Crippen LogP contribution in [0.4, 0.5) is 13.2 Å². The van der Waals surface area contributed by atoms with Crippen LogP contribution >= 0.6 is 24.8 Å². The van der Waals surface area contributed by atoms with E-state index in [4.69, 9.17) is 0 Å². The Morgan fingerprint density at radius 3 is 2.09 bits per heavy atom. The number of allylic oxidation sites excluding steroid dienone is 5. The average Bonchev–Trinajstić information content (AvgIpc) is 3.18. The van der Waals surface area contributed by atoms with Crippen molar-refractivity contribution in [3.63, 3.8) is 0 Å². The van der Waals surface area contributed by atoms with Gasteiger partial charge in [0.25, 0.3) is 0 Å². The summed E-state index contributed by atoms with van der Waals surface area (Å²) in [6.07, 6.45) is 2.14. The molecule has 0 aliphatic heterocycles. The van der Waals surface area contributed by atoms with Crippen molar-refractivity contribution < 1.29 is 33.5 Å². The van der Waals surface area contributed by atoms with Crippen molar-refractivity contribution in [3.05, 3.63) is 96.6 Å². The number of fused-ring (bicyclic) bond motifs is 1. The van der Waals surface area contributed by atoms with Crippen molar-refractivity contribution in [3.8, 4) is 0 Å². The molecule has 0 aromatic heterocycles. The van der Waals surface area contributed by atoms with E-state index in [9.17, 15) is 13.2 Å². The van der Waals surface area contributed by atoms with Crippen molar-refractivity contribution in [1.82, 2.24) is 0 Å². The van der Waals surface area contributed by atoms with Gasteiger partial charge in [0.1, 0.15) is 0 Å². The van der Waals surface area contributed by atoms with Crippen molar-refractivity contribution in [1.29, 1.82) is 0 Å². The summed E-state index contributed by atoms with van der Waals surface area (Å²) in [6, 6.07) is 9.80. The van der Waals surface area contributed by atoms with Crippen LogP contribution in [0, 0.1) is 23.4 Å². The van der Waals surface area contributed by atoms with Gasteiger partial charge in [-0.2, -0.15) is 0 Å². The molecule has 2 aromatic rings. The smallest absolute Gasteiger partial charge is 0.147 e. The summed E-state index contributed by atoms with van der Waals surface area (Å²) in [7, 11) is 0. The first-order valence-corrected chi connectivity index (χ1v) is 19.5. The van der Waals surface area contributed by atoms with E-state index < -0.39 is 43.3 Å². The van der Waals surface area contributed by atoms with Crippen LogP contribution in [0.15, 0.2) is 62.5 Å². The predicted octanol–water partition coefficient (Wildman–Crippen LogP) is 8.56. The van der Waals surface area contributed by atoms with Crippen LogP contribution in [0.5, 0.6) is 0 Å². The zero-order valence-electron chi connectivity index (χ0n) is 19.6. The van der Waals surface area contributed by atoms with Gasteiger partial charge >= 0.3 is 191 Å². The van der Waals surface area contributed by atoms with E-state index in [0.717, 1.165) is 11.6 Å². The fourth-order valence-electron chi connectivity index (χ4n) is 5.13. The molecule has 0 N–H and O–H groups in total. The molecular formula is C26H29Cl2F3SiZr. The minimum Gasteiger partial charge on any atom is -0.147 e. The molecule has 2 unspecified atom stereocenters. The minimum atomic E-state index is -2.24. The van der Waals surface area contributed by atoms with Crippen LogP contribution in [0.1, 0.15) is 48.0 Å². The minimum absolute atomic E-state index is 0. The quantitative estimate of drug-likeness (QED) is 0.249. The Labute approximate surface area is 215 Å². The maximum absolute atomic E-state index is 14.8. The number of hydrogen-bond donors (Lipinski definition) is 0. The summed E-state index contributed by atoms with van der Waals surface area (Å²) < 4.78 is 44.8. The standard InChI is InChI=1S/C15H8F3.C9H13.C2H6Si.2ClH.Zr/c16-10-7-13(15(18)14(17)8-10)12-6-5-9-3-1-2-4-11(9)12;1-6-5-7(2)9(4)8(6)3;1-3-2;;;/h1-8H;6H,1-4H3;1-2H3;2*1H;. The molecule has 0 amide bonds. The Hall–Kier alpha value is -0.870. The third kappa shape index (κ3) is 4.81. The van der Waals surface area contributed by atoms with Gasteiger partial charge in [0, 0.05) is 0 Å². The molecule has 176 valence electrons. The van der Waals surface area contributed by atoms with Gasteiger partial charge in [-0.05, 0) is 0 Å². The molecule has 7 heteroatoms. The van der Waals surface area contributed by atoms with Gasteiger partial charge in [-0.25, -0.2) is 0 Å². The van der Waals surface area contributed by atoms with E-state index >= 15 is 0 Å². The Balaban J connectivity index is 0.00000193. The molecule has 4 rings (SSSR count). The van der Waals surface area contributed by atoms with E-state index in [0.29, 0.717) is 17.6 Å². The largest absolute Gasteiger partial charge is 0.147 e. The zero-order valence-corrected chi connectivity index (χ0v) is 24.7. The Morgan fingerprint density at radius 1 is 0.879 bits per heavy atom. The van der Waals surface area contributed by atoms with Crippen molar-refractivity contribution >= 4 is 35.8 Å². The summed E-state index contributed by atoms with van der Waals surface area (Å²) in [5.74, 6) is -2.39. The van der Waals surface area contributed by atoms with E-state index in [1.165, 1.54) is 22.3 Å². The van der Waals surface area contributed by atoms with E-state index in [2.05, 4.69) is 52.9 Å². The summed E-state index contributed by atoms with van der Waals surface area (Å²) in [5.41, 5.74) is 6.53. The first kappa shape index (κ1) is 28.4. The summed E-state index contributed by atoms with van der Waals surface area (Å²) in [6.45, 7) is 13.9. The normalized spacial score (nSPS) is 19.1. The fraction of sp³-hybridized carbons (Fsp3) is 0.308. The second kappa shape index (κ2) is 10.8. The molecule has 2 atom stereocenters. The van der Waals surface area contributed by atoms with Crippen LogP contribution in [-0.4, -0.2) is 5.43 Å². The van der Waals surface area contributed by atoms with E-state index in [-0.39, 0.29) is 34.0 Å². The molecule has 0 saturated heterocycles. The molecule has 2 aliphatic rings. The maximum Gasteiger partial charge on any atom is -0.147 e. The van der Waals surface area contributed by atoms with E-state index in [1.807, 2.05) is 18.2 Å². The number of rotatable bonds is 3. The first-order valence-electron chi connectivity index (χ1n) is 10.7. The van der Waals surface area contributed by atoms with Crippen molar-refractivity contribution in [2.75, 3.05) is 0 Å². The molecule has 0 spiro atoms. The van der Waals surface area contributed by atoms with E-state index in [1.54, 1.807) is 3.28 Å². The SMILES string of the molecule is CC1=C(C)C(C)[C]([Zr]([CH]2C=C(c3cc(F)cc(F)c3F)c3ccccc32)=[Si](C)C)=C1C.Cl.Cl. The van der Waals surface area contributed by atoms with Crippen molar-refractivity contribution in [2.45, 2.75) is 44.4 Å². The number of halogens is 5. The first-order chi connectivity index (χ1) is 14.6. The molecule has 0 heterocycles. The Kier molecular flexibility index (Phi) is 9.29. The van der Waals surface area contributed by atoms with Crippen LogP contribution < -0.4 is 0 Å². The predicted molar refractivity (Wildman–Crippen MR) is 135 cm³/mol. The van der Waals surface area contributed by atoms with Gasteiger partial charge in [-0.1, -0.05) is 0 Å². The molecule has 0 bridgehead atoms. The molecule has 2 aliphatic carbocycles. The molecule has 2 aromatic carbocycles. The van der Waals surface area contributed by atoms with Gasteiger partial charge in [0.05, 0.1) is 0 Å². The summed E-state index contributed by atoms with van der Waals surface area (Å²) in [5, 5.41) is 0. The van der Waals surface area contributed by atoms with Gasteiger partial charge in [0.15, 0.2) is 0 Å². The number of benzene rings is 2. The van der Waals surface area contributed by atoms with Crippen LogP contribution in [0.25, 0.3) is 5.57 Å². The summed E-state index contributed by atoms with van der Waals surface area (Å²) >= 11 is -2.24. The topological polar surface area (TPSA) is 0 Å². The van der Waals surface area contributed by atoms with Gasteiger partial charge in [0.2, 0.25) is 0 Å². The average molecular weight is 589 g/mol. The number of hydrogen-bond acceptors (Lipinski definition) is 0. The molecule has 33 heavy (non-hydrogen) atoms. The van der Waals surface area contributed by atoms with Crippen LogP contribution in [0.2, 0.25) is 13.1 Å². The van der Waals surface area contributed by atoms with Crippen LogP contribution in [0.3, 0.4) is 0 Å². The van der Waals surface area contributed by atoms with Crippen LogP contribution in [-0.2, 0) is 20.4 Å². The third-order valence-corrected chi connectivity index (χ3v) is 25.6. The third-order valence-electron chi connectivity index (χ3n) is 6.98. The molecule has 0 saturated carbocycles. The van der Waals surface area contributed by atoms with Gasteiger partial charge < -0.3 is 0 Å². The second-order valence-electron chi connectivity index (χ2n) is 8.88.